The van der Waals surface area contributed by atoms with E-state index in [1.54, 1.807) is 17.0 Å². The third-order valence-electron chi connectivity index (χ3n) is 4.31. The highest BCUT2D eigenvalue weighted by molar-refractivity contribution is 7.87. The molecule has 2 N–H and O–H groups in total. The Balaban J connectivity index is 2.14. The summed E-state index contributed by atoms with van der Waals surface area (Å²) in [5.74, 6) is 0.445. The zero-order valence-corrected chi connectivity index (χ0v) is 18.9. The van der Waals surface area contributed by atoms with Crippen LogP contribution in [0, 0.1) is 0 Å². The van der Waals surface area contributed by atoms with Crippen molar-refractivity contribution >= 4 is 33.3 Å². The average molecular weight is 469 g/mol. The van der Waals surface area contributed by atoms with Crippen LogP contribution in [0.4, 0.5) is 0 Å². The summed E-state index contributed by atoms with van der Waals surface area (Å²) in [4.78, 5) is 8.60. The van der Waals surface area contributed by atoms with Crippen molar-refractivity contribution < 1.29 is 12.6 Å². The maximum atomic E-state index is 13.4. The molecule has 2 heterocycles. The predicted octanol–water partition coefficient (Wildman–Crippen LogP) is 4.03. The van der Waals surface area contributed by atoms with Crippen LogP contribution in [0.3, 0.4) is 0 Å². The minimum Gasteiger partial charge on any atom is -0.378 e. The van der Waals surface area contributed by atoms with Gasteiger partial charge in [0.05, 0.1) is 12.2 Å². The highest BCUT2D eigenvalue weighted by Crippen LogP contribution is 2.31. The van der Waals surface area contributed by atoms with E-state index in [2.05, 4.69) is 9.97 Å². The van der Waals surface area contributed by atoms with Crippen molar-refractivity contribution in [3.63, 3.8) is 0 Å². The smallest absolute Gasteiger partial charge is 0.357 e. The van der Waals surface area contributed by atoms with Crippen LogP contribution in [0.1, 0.15) is 36.8 Å². The van der Waals surface area contributed by atoms with Gasteiger partial charge in [-0.05, 0) is 36.2 Å². The Labute approximate surface area is 185 Å². The zero-order valence-electron chi connectivity index (χ0n) is 16.5. The van der Waals surface area contributed by atoms with Crippen LogP contribution >= 0.6 is 23.2 Å². The van der Waals surface area contributed by atoms with Gasteiger partial charge in [-0.3, -0.25) is 4.98 Å². The molecule has 0 saturated carbocycles. The molecule has 0 bridgehead atoms. The molecule has 0 fully saturated rings. The molecule has 0 aliphatic heterocycles. The van der Waals surface area contributed by atoms with Gasteiger partial charge in [0.1, 0.15) is 11.6 Å². The Morgan fingerprint density at radius 2 is 1.77 bits per heavy atom. The summed E-state index contributed by atoms with van der Waals surface area (Å²) in [7, 11) is -4.24. The lowest BCUT2D eigenvalue weighted by molar-refractivity contribution is 0.471. The maximum absolute atomic E-state index is 13.4. The van der Waals surface area contributed by atoms with E-state index < -0.39 is 10.1 Å². The van der Waals surface area contributed by atoms with Gasteiger partial charge in [0, 0.05) is 41.0 Å². The molecule has 160 valence electrons. The molecule has 7 nitrogen and oxygen atoms in total. The van der Waals surface area contributed by atoms with Gasteiger partial charge in [0.15, 0.2) is 5.03 Å². The predicted molar refractivity (Wildman–Crippen MR) is 117 cm³/mol. The molecule has 0 radical (unpaired) electrons. The fraction of sp³-hybridized carbons (Fsp3) is 0.300. The third kappa shape index (κ3) is 5.13. The number of nitrogens with two attached hydrogens (primary N) is 1. The third-order valence-corrected chi connectivity index (χ3v) is 6.06. The second-order valence-electron chi connectivity index (χ2n) is 7.00. The van der Waals surface area contributed by atoms with E-state index in [1.165, 1.54) is 18.2 Å². The van der Waals surface area contributed by atoms with Crippen LogP contribution in [0.15, 0.2) is 47.8 Å². The van der Waals surface area contributed by atoms with Crippen LogP contribution in [0.2, 0.25) is 10.0 Å². The molecule has 0 spiro atoms. The van der Waals surface area contributed by atoms with Gasteiger partial charge < -0.3 is 14.5 Å². The summed E-state index contributed by atoms with van der Waals surface area (Å²) in [6.45, 7) is 4.36. The molecule has 3 rings (SSSR count). The lowest BCUT2D eigenvalue weighted by Crippen LogP contribution is -2.19. The van der Waals surface area contributed by atoms with Gasteiger partial charge >= 0.3 is 10.1 Å². The molecule has 1 aromatic carbocycles. The van der Waals surface area contributed by atoms with E-state index >= 15 is 0 Å². The fourth-order valence-corrected chi connectivity index (χ4v) is 4.95. The number of rotatable bonds is 8. The molecule has 0 unspecified atom stereocenters. The largest absolute Gasteiger partial charge is 0.378 e. The van der Waals surface area contributed by atoms with Crippen molar-refractivity contribution in [2.45, 2.75) is 37.8 Å². The van der Waals surface area contributed by atoms with Crippen molar-refractivity contribution in [2.75, 3.05) is 6.54 Å². The molecule has 10 heteroatoms. The van der Waals surface area contributed by atoms with Gasteiger partial charge in [-0.15, -0.1) is 0 Å². The number of halogens is 2. The van der Waals surface area contributed by atoms with Gasteiger partial charge in [-0.1, -0.05) is 37.0 Å². The quantitative estimate of drug-likeness (QED) is 0.500. The fourth-order valence-electron chi connectivity index (χ4n) is 3.04. The van der Waals surface area contributed by atoms with Crippen molar-refractivity contribution in [1.82, 2.24) is 14.5 Å². The van der Waals surface area contributed by atoms with E-state index in [9.17, 15) is 8.42 Å². The first-order valence-electron chi connectivity index (χ1n) is 9.30. The van der Waals surface area contributed by atoms with Crippen LogP contribution < -0.4 is 9.92 Å². The van der Waals surface area contributed by atoms with Crippen LogP contribution in [0.25, 0.3) is 0 Å². The lowest BCUT2D eigenvalue weighted by atomic mass is 10.1. The number of hydrogen-bond donors (Lipinski definition) is 1. The minimum absolute atomic E-state index is 0.00568. The number of benzene rings is 1. The minimum atomic E-state index is -4.24. The van der Waals surface area contributed by atoms with E-state index in [0.717, 1.165) is 5.56 Å². The van der Waals surface area contributed by atoms with Crippen molar-refractivity contribution in [1.29, 1.82) is 0 Å². The first kappa shape index (κ1) is 22.6. The first-order chi connectivity index (χ1) is 14.2. The second kappa shape index (κ2) is 9.34. The summed E-state index contributed by atoms with van der Waals surface area (Å²) >= 11 is 12.0. The van der Waals surface area contributed by atoms with Crippen molar-refractivity contribution in [2.24, 2.45) is 5.73 Å². The second-order valence-corrected chi connectivity index (χ2v) is 9.33. The van der Waals surface area contributed by atoms with Crippen molar-refractivity contribution in [3.05, 3.63) is 69.9 Å². The van der Waals surface area contributed by atoms with Gasteiger partial charge in [-0.2, -0.15) is 8.42 Å². The van der Waals surface area contributed by atoms with E-state index in [1.807, 2.05) is 26.0 Å². The number of aromatic nitrogens is 3. The van der Waals surface area contributed by atoms with Crippen molar-refractivity contribution in [3.8, 4) is 5.75 Å². The van der Waals surface area contributed by atoms with E-state index in [4.69, 9.17) is 33.1 Å². The van der Waals surface area contributed by atoms with Crippen LogP contribution in [-0.2, 0) is 23.1 Å². The highest BCUT2D eigenvalue weighted by atomic mass is 35.5. The molecule has 0 saturated heterocycles. The monoisotopic (exact) mass is 468 g/mol. The molecule has 3 aromatic rings. The SMILES string of the molecule is CC(C)c1nc(CCN)n(Cc2ccncc2)c1S(=O)(=O)Oc1cc(Cl)cc(Cl)c1. The Kier molecular flexibility index (Phi) is 7.02. The number of nitrogens with zero attached hydrogens (tertiary/aromatic N) is 3. The van der Waals surface area contributed by atoms with E-state index in [-0.39, 0.29) is 33.3 Å². The normalized spacial score (nSPS) is 11.8. The summed E-state index contributed by atoms with van der Waals surface area (Å²) in [6.07, 6.45) is 3.72. The topological polar surface area (TPSA) is 100 Å². The Bertz CT molecular complexity index is 1110. The Morgan fingerprint density at radius 1 is 1.13 bits per heavy atom. The van der Waals surface area contributed by atoms with E-state index in [0.29, 0.717) is 24.5 Å². The number of hydrogen-bond acceptors (Lipinski definition) is 6. The zero-order chi connectivity index (χ0) is 21.9. The number of imidazole rings is 1. The molecular weight excluding hydrogens is 447 g/mol. The summed E-state index contributed by atoms with van der Waals surface area (Å²) < 4.78 is 33.8. The molecule has 0 aliphatic carbocycles. The molecule has 30 heavy (non-hydrogen) atoms. The average Bonchev–Trinajstić information content (AvgIpc) is 3.01. The first-order valence-corrected chi connectivity index (χ1v) is 11.5. The number of pyridine rings is 1. The van der Waals surface area contributed by atoms with Gasteiger partial charge in [0.2, 0.25) is 0 Å². The molecule has 0 amide bonds. The van der Waals surface area contributed by atoms with Crippen LogP contribution in [0.5, 0.6) is 5.75 Å². The van der Waals surface area contributed by atoms with Gasteiger partial charge in [-0.25, -0.2) is 4.98 Å². The summed E-state index contributed by atoms with van der Waals surface area (Å²) in [5.41, 5.74) is 7.04. The standard InChI is InChI=1S/C20H22Cl2N4O3S/c1-13(2)19-20(30(27,28)29-17-10-15(21)9-16(22)11-17)26(18(25-19)3-6-23)12-14-4-7-24-8-5-14/h4-5,7-11,13H,3,6,12,23H2,1-2H3. The Hall–Kier alpha value is -2.13. The summed E-state index contributed by atoms with van der Waals surface area (Å²) in [6, 6.07) is 7.91. The molecule has 0 aliphatic rings. The maximum Gasteiger partial charge on any atom is 0.357 e. The molecule has 2 aromatic heterocycles. The van der Waals surface area contributed by atoms with Crippen LogP contribution in [-0.4, -0.2) is 29.5 Å². The lowest BCUT2D eigenvalue weighted by Gasteiger charge is -2.15. The Morgan fingerprint density at radius 3 is 2.33 bits per heavy atom. The summed E-state index contributed by atoms with van der Waals surface area (Å²) in [5, 5.41) is 0.533. The molecular formula is C20H22Cl2N4O3S. The van der Waals surface area contributed by atoms with Gasteiger partial charge in [0.25, 0.3) is 0 Å². The molecule has 0 atom stereocenters. The highest BCUT2D eigenvalue weighted by Gasteiger charge is 2.31.